The number of halogens is 2. The minimum Gasteiger partial charge on any atom is -0.247 e. The van der Waals surface area contributed by atoms with E-state index in [2.05, 4.69) is 202 Å². The molecule has 0 fully saturated rings. The van der Waals surface area contributed by atoms with Gasteiger partial charge >= 0.3 is 0 Å². The third-order valence-electron chi connectivity index (χ3n) is 12.0. The molecule has 4 heteroatoms. The first-order valence-electron chi connectivity index (χ1n) is 20.0. The number of pyridine rings is 2. The highest BCUT2D eigenvalue weighted by atomic mass is 79.9. The van der Waals surface area contributed by atoms with Crippen molar-refractivity contribution in [1.29, 1.82) is 0 Å². The molecule has 0 unspecified atom stereocenters. The number of aryl methyl sites for hydroxylation is 2. The number of hydrogen-bond donors (Lipinski definition) is 0. The van der Waals surface area contributed by atoms with E-state index in [1.165, 1.54) is 99.3 Å². The van der Waals surface area contributed by atoms with Crippen LogP contribution in [0.15, 0.2) is 179 Å². The number of fused-ring (bicyclic) bond motifs is 12. The van der Waals surface area contributed by atoms with Crippen LogP contribution in [0.2, 0.25) is 0 Å². The Bertz CT molecular complexity index is 3110. The van der Waals surface area contributed by atoms with Crippen LogP contribution >= 0.6 is 31.9 Å². The zero-order valence-corrected chi connectivity index (χ0v) is 34.8. The lowest BCUT2D eigenvalue weighted by molar-refractivity contribution is 0.892. The summed E-state index contributed by atoms with van der Waals surface area (Å²) < 4.78 is 2.21. The lowest BCUT2D eigenvalue weighted by Gasteiger charge is -2.29. The Hall–Kier alpha value is -5.94. The first-order valence-corrected chi connectivity index (χ1v) is 21.5. The average molecular weight is 873 g/mol. The van der Waals surface area contributed by atoms with Crippen LogP contribution in [-0.4, -0.2) is 9.97 Å². The molecule has 0 atom stereocenters. The van der Waals surface area contributed by atoms with Gasteiger partial charge in [0.05, 0.1) is 22.4 Å². The molecule has 276 valence electrons. The van der Waals surface area contributed by atoms with E-state index < -0.39 is 0 Å². The van der Waals surface area contributed by atoms with Crippen LogP contribution in [0.1, 0.15) is 22.3 Å². The van der Waals surface area contributed by atoms with Crippen LogP contribution in [-0.2, 0) is 25.7 Å². The minimum absolute atomic E-state index is 1.05. The van der Waals surface area contributed by atoms with E-state index in [1.807, 2.05) is 0 Å². The normalized spacial score (nSPS) is 12.7. The summed E-state index contributed by atoms with van der Waals surface area (Å²) in [7, 11) is 0. The fourth-order valence-corrected chi connectivity index (χ4v) is 10.2. The molecule has 2 aliphatic carbocycles. The van der Waals surface area contributed by atoms with Crippen molar-refractivity contribution in [3.05, 3.63) is 201 Å². The van der Waals surface area contributed by atoms with E-state index in [1.54, 1.807) is 0 Å². The van der Waals surface area contributed by atoms with E-state index in [4.69, 9.17) is 9.97 Å². The van der Waals surface area contributed by atoms with Gasteiger partial charge in [-0.2, -0.15) is 0 Å². The average Bonchev–Trinajstić information content (AvgIpc) is 3.27. The highest BCUT2D eigenvalue weighted by molar-refractivity contribution is 9.10. The number of aromatic nitrogens is 2. The standard InChI is InChI=1S/C27H20BrN.C27H16BrN/c2*28-20-9-5-8-19(16-20)25-23-14-12-17-6-1-3-10-21(17)26(23)29-27-22-11-4-2-7-18(22)13-15-24(25)27/h1-11,16H,12-15H2;1-16H. The van der Waals surface area contributed by atoms with Gasteiger partial charge in [0.15, 0.2) is 0 Å². The molecule has 0 aliphatic heterocycles. The largest absolute Gasteiger partial charge is 0.247 e. The highest BCUT2D eigenvalue weighted by Gasteiger charge is 2.29. The zero-order chi connectivity index (χ0) is 38.7. The Morgan fingerprint density at radius 2 is 0.828 bits per heavy atom. The van der Waals surface area contributed by atoms with Crippen molar-refractivity contribution in [2.75, 3.05) is 0 Å². The molecule has 0 bridgehead atoms. The smallest absolute Gasteiger partial charge is 0.0794 e. The summed E-state index contributed by atoms with van der Waals surface area (Å²) in [6, 6.07) is 60.7. The van der Waals surface area contributed by atoms with Gasteiger partial charge in [0, 0.05) is 47.2 Å². The minimum atomic E-state index is 1.05. The molecule has 2 nitrogen and oxygen atoms in total. The molecule has 12 rings (SSSR count). The molecule has 2 heterocycles. The van der Waals surface area contributed by atoms with E-state index in [0.717, 1.165) is 45.7 Å². The second-order valence-corrected chi connectivity index (χ2v) is 17.2. The number of rotatable bonds is 2. The first-order chi connectivity index (χ1) is 28.6. The van der Waals surface area contributed by atoms with Gasteiger partial charge in [0.2, 0.25) is 0 Å². The molecule has 58 heavy (non-hydrogen) atoms. The van der Waals surface area contributed by atoms with Crippen molar-refractivity contribution in [2.24, 2.45) is 0 Å². The van der Waals surface area contributed by atoms with Crippen molar-refractivity contribution in [3.8, 4) is 44.8 Å². The van der Waals surface area contributed by atoms with Gasteiger partial charge in [-0.3, -0.25) is 0 Å². The number of nitrogens with zero attached hydrogens (tertiary/aromatic N) is 2. The summed E-state index contributed by atoms with van der Waals surface area (Å²) in [6.45, 7) is 0. The second kappa shape index (κ2) is 14.5. The molecule has 0 saturated carbocycles. The Morgan fingerprint density at radius 3 is 1.34 bits per heavy atom. The molecule has 2 aliphatic rings. The summed E-state index contributed by atoms with van der Waals surface area (Å²) >= 11 is 7.34. The third-order valence-corrected chi connectivity index (χ3v) is 13.0. The van der Waals surface area contributed by atoms with Gasteiger partial charge in [-0.1, -0.05) is 177 Å². The van der Waals surface area contributed by atoms with Crippen LogP contribution < -0.4 is 0 Å². The maximum absolute atomic E-state index is 5.33. The summed E-state index contributed by atoms with van der Waals surface area (Å²) in [5, 5.41) is 7.18. The van der Waals surface area contributed by atoms with Gasteiger partial charge < -0.3 is 0 Å². The second-order valence-electron chi connectivity index (χ2n) is 15.3. The highest BCUT2D eigenvalue weighted by Crippen LogP contribution is 2.46. The van der Waals surface area contributed by atoms with Crippen molar-refractivity contribution < 1.29 is 0 Å². The van der Waals surface area contributed by atoms with E-state index >= 15 is 0 Å². The Labute approximate surface area is 354 Å². The van der Waals surface area contributed by atoms with Gasteiger partial charge in [0.1, 0.15) is 0 Å². The fraction of sp³-hybridized carbons (Fsp3) is 0.0741. The zero-order valence-electron chi connectivity index (χ0n) is 31.6. The van der Waals surface area contributed by atoms with E-state index in [9.17, 15) is 0 Å². The van der Waals surface area contributed by atoms with Gasteiger partial charge in [-0.25, -0.2) is 9.97 Å². The molecule has 10 aromatic rings. The summed E-state index contributed by atoms with van der Waals surface area (Å²) in [5.74, 6) is 0. The van der Waals surface area contributed by atoms with Gasteiger partial charge in [-0.15, -0.1) is 0 Å². The summed E-state index contributed by atoms with van der Waals surface area (Å²) in [4.78, 5) is 10.6. The summed E-state index contributed by atoms with van der Waals surface area (Å²) in [6.07, 6.45) is 4.27. The first kappa shape index (κ1) is 35.2. The topological polar surface area (TPSA) is 25.8 Å². The molecule has 0 saturated heterocycles. The van der Waals surface area contributed by atoms with Crippen molar-refractivity contribution in [1.82, 2.24) is 9.97 Å². The van der Waals surface area contributed by atoms with Crippen molar-refractivity contribution in [2.45, 2.75) is 25.7 Å². The van der Waals surface area contributed by atoms with Crippen LogP contribution in [0.5, 0.6) is 0 Å². The van der Waals surface area contributed by atoms with Crippen LogP contribution in [0, 0.1) is 0 Å². The van der Waals surface area contributed by atoms with Crippen LogP contribution in [0.4, 0.5) is 0 Å². The van der Waals surface area contributed by atoms with Crippen molar-refractivity contribution in [3.63, 3.8) is 0 Å². The molecular weight excluding hydrogens is 836 g/mol. The Morgan fingerprint density at radius 1 is 0.362 bits per heavy atom. The van der Waals surface area contributed by atoms with Gasteiger partial charge in [0.25, 0.3) is 0 Å². The molecule has 2 aromatic heterocycles. The molecule has 0 radical (unpaired) electrons. The van der Waals surface area contributed by atoms with Crippen molar-refractivity contribution >= 4 is 75.2 Å². The SMILES string of the molecule is Brc1cccc(-c2c3c(nc4c2CCc2ccccc2-4)-c2ccccc2CC3)c1.Brc1cccc(-c2c3ccc4ccccc4c3nc3c2ccc2ccccc23)c1. The monoisotopic (exact) mass is 870 g/mol. The third kappa shape index (κ3) is 5.97. The molecule has 8 aromatic carbocycles. The van der Waals surface area contributed by atoms with E-state index in [-0.39, 0.29) is 0 Å². The molecule has 0 N–H and O–H groups in total. The van der Waals surface area contributed by atoms with Gasteiger partial charge in [-0.05, 0) is 99.7 Å². The fourth-order valence-electron chi connectivity index (χ4n) is 9.42. The molecule has 0 spiro atoms. The maximum atomic E-state index is 5.33. The maximum Gasteiger partial charge on any atom is 0.0794 e. The quantitative estimate of drug-likeness (QED) is 0.128. The van der Waals surface area contributed by atoms with E-state index in [0.29, 0.717) is 0 Å². The van der Waals surface area contributed by atoms with Crippen LogP contribution in [0.3, 0.4) is 0 Å². The number of benzene rings is 8. The predicted molar refractivity (Wildman–Crippen MR) is 250 cm³/mol. The molecular formula is C54H36Br2N2. The predicted octanol–water partition coefficient (Wildman–Crippen LogP) is 15.2. The lowest BCUT2D eigenvalue weighted by Crippen LogP contribution is -2.14. The Balaban J connectivity index is 0.000000133. The number of hydrogen-bond acceptors (Lipinski definition) is 2. The van der Waals surface area contributed by atoms with Crippen LogP contribution in [0.25, 0.3) is 88.1 Å². The lowest BCUT2D eigenvalue weighted by atomic mass is 9.78. The Kier molecular flexibility index (Phi) is 8.79. The summed E-state index contributed by atoms with van der Waals surface area (Å²) in [5.41, 5.74) is 17.9. The molecule has 0 amide bonds.